The Kier molecular flexibility index (Phi) is 8.52. The number of carbonyl (C=O) groups excluding carboxylic acids is 1. The maximum Gasteiger partial charge on any atom is 0.293 e. The van der Waals surface area contributed by atoms with Crippen LogP contribution in [-0.4, -0.2) is 58.5 Å². The van der Waals surface area contributed by atoms with Crippen LogP contribution in [0.5, 0.6) is 11.5 Å². The number of benzene rings is 1. The van der Waals surface area contributed by atoms with Crippen LogP contribution in [0.3, 0.4) is 0 Å². The Bertz CT molecular complexity index is 1590. The molecule has 0 bridgehead atoms. The third-order valence-electron chi connectivity index (χ3n) is 7.27. The maximum atomic E-state index is 13.0. The molecule has 2 N–H and O–H groups in total. The van der Waals surface area contributed by atoms with E-state index in [1.807, 2.05) is 39.1 Å². The summed E-state index contributed by atoms with van der Waals surface area (Å²) in [5.74, 6) is 0.775. The number of rotatable bonds is 5. The number of aromatic amines is 1. The molecule has 0 spiro atoms. The standard InChI is InChI=1S/C23H21N3O4.C7H16N2/c1-13-6-5-7-14(2)20(13)30-21-16(8-9-25(3)23(21)29)18-11-26(4)22(28)19-17(18)10-15(12-27)24-19;1-8-7-4-3-5-9(2)6-7/h5-12,24H,1-4H3;7-8H,3-6H2,1-2H3. The van der Waals surface area contributed by atoms with Crippen molar-refractivity contribution in [1.29, 1.82) is 0 Å². The molecule has 4 aromatic rings. The summed E-state index contributed by atoms with van der Waals surface area (Å²) < 4.78 is 9.05. The van der Waals surface area contributed by atoms with E-state index in [1.54, 1.807) is 38.6 Å². The van der Waals surface area contributed by atoms with Crippen LogP contribution >= 0.6 is 0 Å². The van der Waals surface area contributed by atoms with E-state index >= 15 is 0 Å². The normalized spacial score (nSPS) is 15.6. The number of likely N-dealkylation sites (tertiary alicyclic amines) is 1. The van der Waals surface area contributed by atoms with Gasteiger partial charge in [0.15, 0.2) is 12.0 Å². The average molecular weight is 532 g/mol. The molecule has 206 valence electrons. The first-order valence-electron chi connectivity index (χ1n) is 13.1. The largest absolute Gasteiger partial charge is 0.450 e. The minimum Gasteiger partial charge on any atom is -0.450 e. The lowest BCUT2D eigenvalue weighted by Crippen LogP contribution is -2.42. The number of piperidine rings is 1. The predicted octanol–water partition coefficient (Wildman–Crippen LogP) is 3.75. The zero-order valence-electron chi connectivity index (χ0n) is 23.5. The summed E-state index contributed by atoms with van der Waals surface area (Å²) in [4.78, 5) is 42.1. The second kappa shape index (κ2) is 11.8. The average Bonchev–Trinajstić information content (AvgIpc) is 3.36. The molecule has 1 fully saturated rings. The molecule has 0 saturated carbocycles. The summed E-state index contributed by atoms with van der Waals surface area (Å²) in [6, 6.07) is 9.89. The van der Waals surface area contributed by atoms with Crippen LogP contribution in [0.15, 0.2) is 52.3 Å². The van der Waals surface area contributed by atoms with Crippen molar-refractivity contribution in [3.05, 3.63) is 80.3 Å². The van der Waals surface area contributed by atoms with Crippen LogP contribution in [0.25, 0.3) is 22.0 Å². The number of aromatic nitrogens is 3. The van der Waals surface area contributed by atoms with E-state index in [1.165, 1.54) is 35.1 Å². The number of fused-ring (bicyclic) bond motifs is 1. The Morgan fingerprint density at radius 1 is 1.00 bits per heavy atom. The number of hydrogen-bond acceptors (Lipinski definition) is 6. The summed E-state index contributed by atoms with van der Waals surface area (Å²) >= 11 is 0. The van der Waals surface area contributed by atoms with Gasteiger partial charge >= 0.3 is 0 Å². The Hall–Kier alpha value is -3.95. The van der Waals surface area contributed by atoms with Gasteiger partial charge in [-0.3, -0.25) is 14.4 Å². The van der Waals surface area contributed by atoms with Crippen LogP contribution in [0.4, 0.5) is 0 Å². The highest BCUT2D eigenvalue weighted by atomic mass is 16.5. The van der Waals surface area contributed by atoms with Crippen molar-refractivity contribution < 1.29 is 9.53 Å². The quantitative estimate of drug-likeness (QED) is 0.381. The highest BCUT2D eigenvalue weighted by Crippen LogP contribution is 2.36. The van der Waals surface area contributed by atoms with Crippen LogP contribution < -0.4 is 21.2 Å². The van der Waals surface area contributed by atoms with Crippen molar-refractivity contribution in [3.63, 3.8) is 0 Å². The lowest BCUT2D eigenvalue weighted by molar-refractivity contribution is 0.111. The molecule has 3 aromatic heterocycles. The molecule has 0 aliphatic carbocycles. The molecule has 9 heteroatoms. The summed E-state index contributed by atoms with van der Waals surface area (Å²) in [5.41, 5.74) is 3.00. The number of carbonyl (C=O) groups is 1. The molecule has 1 atom stereocenters. The first-order chi connectivity index (χ1) is 18.6. The molecular weight excluding hydrogens is 494 g/mol. The summed E-state index contributed by atoms with van der Waals surface area (Å²) in [7, 11) is 7.51. The fourth-order valence-electron chi connectivity index (χ4n) is 5.01. The minimum atomic E-state index is -0.302. The van der Waals surface area contributed by atoms with E-state index in [9.17, 15) is 14.4 Å². The lowest BCUT2D eigenvalue weighted by atomic mass is 10.0. The van der Waals surface area contributed by atoms with E-state index in [-0.39, 0.29) is 22.6 Å². The van der Waals surface area contributed by atoms with Crippen molar-refractivity contribution in [3.8, 4) is 22.6 Å². The number of aryl methyl sites for hydroxylation is 4. The summed E-state index contributed by atoms with van der Waals surface area (Å²) in [6.45, 7) is 6.33. The van der Waals surface area contributed by atoms with E-state index in [0.29, 0.717) is 34.1 Å². The van der Waals surface area contributed by atoms with Crippen LogP contribution in [-0.2, 0) is 14.1 Å². The number of para-hydroxylation sites is 1. The number of pyridine rings is 2. The summed E-state index contributed by atoms with van der Waals surface area (Å²) in [6.07, 6.45) is 6.66. The lowest BCUT2D eigenvalue weighted by Gasteiger charge is -2.29. The molecule has 4 heterocycles. The van der Waals surface area contributed by atoms with Crippen molar-refractivity contribution in [2.24, 2.45) is 14.1 Å². The molecular formula is C30H37N5O4. The number of aldehydes is 1. The molecule has 1 unspecified atom stereocenters. The fourth-order valence-corrected chi connectivity index (χ4v) is 5.01. The van der Waals surface area contributed by atoms with E-state index in [4.69, 9.17) is 4.74 Å². The van der Waals surface area contributed by atoms with Gasteiger partial charge in [-0.15, -0.1) is 0 Å². The first kappa shape index (κ1) is 28.1. The van der Waals surface area contributed by atoms with Crippen LogP contribution in [0.1, 0.15) is 34.5 Å². The van der Waals surface area contributed by atoms with Crippen molar-refractivity contribution in [1.82, 2.24) is 24.3 Å². The van der Waals surface area contributed by atoms with Gasteiger partial charge in [0.25, 0.3) is 11.1 Å². The molecule has 1 aliphatic heterocycles. The van der Waals surface area contributed by atoms with Crippen molar-refractivity contribution in [2.45, 2.75) is 32.7 Å². The van der Waals surface area contributed by atoms with Crippen LogP contribution in [0, 0.1) is 13.8 Å². The van der Waals surface area contributed by atoms with Crippen LogP contribution in [0.2, 0.25) is 0 Å². The molecule has 5 rings (SSSR count). The summed E-state index contributed by atoms with van der Waals surface area (Å²) in [5, 5.41) is 3.85. The van der Waals surface area contributed by atoms with Gasteiger partial charge in [0, 0.05) is 55.6 Å². The zero-order chi connectivity index (χ0) is 28.3. The second-order valence-corrected chi connectivity index (χ2v) is 10.3. The zero-order valence-corrected chi connectivity index (χ0v) is 23.5. The van der Waals surface area contributed by atoms with Crippen molar-refractivity contribution >= 4 is 17.2 Å². The molecule has 1 aliphatic rings. The fraction of sp³-hybridized carbons (Fsp3) is 0.367. The number of nitrogens with one attached hydrogen (secondary N) is 2. The van der Waals surface area contributed by atoms with Crippen molar-refractivity contribution in [2.75, 3.05) is 27.2 Å². The second-order valence-electron chi connectivity index (χ2n) is 10.3. The van der Waals surface area contributed by atoms with Gasteiger partial charge in [0.05, 0.1) is 5.69 Å². The topological polar surface area (TPSA) is 101 Å². The molecule has 1 saturated heterocycles. The molecule has 39 heavy (non-hydrogen) atoms. The minimum absolute atomic E-state index is 0.159. The predicted molar refractivity (Wildman–Crippen MR) is 155 cm³/mol. The number of hydrogen-bond donors (Lipinski definition) is 2. The number of nitrogens with zero attached hydrogens (tertiary/aromatic N) is 3. The highest BCUT2D eigenvalue weighted by Gasteiger charge is 2.20. The van der Waals surface area contributed by atoms with Gasteiger partial charge in [-0.2, -0.15) is 0 Å². The number of ether oxygens (including phenoxy) is 1. The van der Waals surface area contributed by atoms with Gasteiger partial charge in [0.2, 0.25) is 0 Å². The van der Waals surface area contributed by atoms with Gasteiger partial charge in [0.1, 0.15) is 11.3 Å². The number of likely N-dealkylation sites (N-methyl/N-ethyl adjacent to an activating group) is 2. The molecule has 0 amide bonds. The smallest absolute Gasteiger partial charge is 0.293 e. The highest BCUT2D eigenvalue weighted by molar-refractivity contribution is 5.99. The third kappa shape index (κ3) is 5.89. The van der Waals surface area contributed by atoms with Gasteiger partial charge in [-0.25, -0.2) is 0 Å². The SMILES string of the molecule is CNC1CCCN(C)C1.Cc1cccc(C)c1Oc1c(-c2cn(C)c(=O)c3[nH]c(C=O)cc23)ccn(C)c1=O. The molecule has 1 aromatic carbocycles. The van der Waals surface area contributed by atoms with Gasteiger partial charge in [-0.05, 0) is 70.6 Å². The van der Waals surface area contributed by atoms with E-state index in [0.717, 1.165) is 17.2 Å². The molecule has 0 radical (unpaired) electrons. The Balaban J connectivity index is 0.000000333. The monoisotopic (exact) mass is 531 g/mol. The third-order valence-corrected chi connectivity index (χ3v) is 7.27. The van der Waals surface area contributed by atoms with E-state index in [2.05, 4.69) is 22.2 Å². The van der Waals surface area contributed by atoms with Gasteiger partial charge < -0.3 is 29.1 Å². The maximum absolute atomic E-state index is 13.0. The van der Waals surface area contributed by atoms with E-state index < -0.39 is 0 Å². The number of H-pyrrole nitrogens is 1. The Morgan fingerprint density at radius 3 is 2.33 bits per heavy atom. The Morgan fingerprint density at radius 2 is 1.72 bits per heavy atom. The molecule has 9 nitrogen and oxygen atoms in total. The first-order valence-corrected chi connectivity index (χ1v) is 13.1. The van der Waals surface area contributed by atoms with Gasteiger partial charge in [-0.1, -0.05) is 18.2 Å². The Labute approximate surface area is 228 Å².